The summed E-state index contributed by atoms with van der Waals surface area (Å²) in [6.45, 7) is 4.37. The van der Waals surface area contributed by atoms with E-state index in [0.717, 1.165) is 25.9 Å². The molecule has 82 valence electrons. The topological polar surface area (TPSA) is 35.5 Å². The van der Waals surface area contributed by atoms with Gasteiger partial charge in [-0.05, 0) is 6.42 Å². The maximum Gasteiger partial charge on any atom is 0.302 e. The highest BCUT2D eigenvalue weighted by atomic mass is 16.6. The van der Waals surface area contributed by atoms with Crippen molar-refractivity contribution in [2.45, 2.75) is 58.2 Å². The van der Waals surface area contributed by atoms with E-state index in [0.29, 0.717) is 6.10 Å². The number of unbranched alkanes of at least 4 members (excludes halogenated alkanes) is 1. The first kappa shape index (κ1) is 11.5. The summed E-state index contributed by atoms with van der Waals surface area (Å²) in [5.41, 5.74) is 0. The molecule has 1 rings (SSSR count). The lowest BCUT2D eigenvalue weighted by atomic mass is 10.0. The van der Waals surface area contributed by atoms with E-state index >= 15 is 0 Å². The number of rotatable bonds is 4. The van der Waals surface area contributed by atoms with Gasteiger partial charge < -0.3 is 9.47 Å². The molecule has 0 amide bonds. The molecule has 0 aromatic rings. The first-order valence-corrected chi connectivity index (χ1v) is 5.51. The van der Waals surface area contributed by atoms with Crippen molar-refractivity contribution in [3.05, 3.63) is 0 Å². The van der Waals surface area contributed by atoms with Crippen molar-refractivity contribution in [3.63, 3.8) is 0 Å². The standard InChI is InChI=1S/C11H20O3/c1-3-4-5-10-8-11(6-7-13-10)14-9(2)12/h10-11H,3-8H2,1-2H3. The largest absolute Gasteiger partial charge is 0.462 e. The summed E-state index contributed by atoms with van der Waals surface area (Å²) < 4.78 is 10.8. The normalized spacial score (nSPS) is 27.3. The van der Waals surface area contributed by atoms with Gasteiger partial charge in [-0.1, -0.05) is 19.8 Å². The quantitative estimate of drug-likeness (QED) is 0.653. The molecule has 0 aromatic carbocycles. The Kier molecular flexibility index (Phi) is 4.94. The molecule has 1 saturated heterocycles. The lowest BCUT2D eigenvalue weighted by Gasteiger charge is -2.29. The summed E-state index contributed by atoms with van der Waals surface area (Å²) in [6.07, 6.45) is 5.59. The highest BCUT2D eigenvalue weighted by Crippen LogP contribution is 2.20. The molecule has 0 spiro atoms. The molecule has 0 bridgehead atoms. The van der Waals surface area contributed by atoms with Gasteiger partial charge in [-0.3, -0.25) is 4.79 Å². The molecular formula is C11H20O3. The third-order valence-corrected chi connectivity index (χ3v) is 2.53. The summed E-state index contributed by atoms with van der Waals surface area (Å²) in [4.78, 5) is 10.8. The summed E-state index contributed by atoms with van der Waals surface area (Å²) in [5, 5.41) is 0. The molecule has 1 aliphatic rings. The number of carbonyl (C=O) groups is 1. The van der Waals surface area contributed by atoms with Gasteiger partial charge in [0.1, 0.15) is 6.10 Å². The van der Waals surface area contributed by atoms with Crippen molar-refractivity contribution in [1.29, 1.82) is 0 Å². The van der Waals surface area contributed by atoms with Gasteiger partial charge >= 0.3 is 5.97 Å². The monoisotopic (exact) mass is 200 g/mol. The van der Waals surface area contributed by atoms with Crippen LogP contribution in [0.1, 0.15) is 46.0 Å². The average Bonchev–Trinajstić information content (AvgIpc) is 2.14. The summed E-state index contributed by atoms with van der Waals surface area (Å²) in [5.74, 6) is -0.175. The van der Waals surface area contributed by atoms with Crippen LogP contribution in [0.3, 0.4) is 0 Å². The number of hydrogen-bond acceptors (Lipinski definition) is 3. The second kappa shape index (κ2) is 6.02. The molecule has 0 aromatic heterocycles. The number of hydrogen-bond donors (Lipinski definition) is 0. The predicted octanol–water partition coefficient (Wildman–Crippen LogP) is 2.29. The van der Waals surface area contributed by atoms with Gasteiger partial charge in [0.2, 0.25) is 0 Å². The lowest BCUT2D eigenvalue weighted by Crippen LogP contribution is -2.31. The smallest absolute Gasteiger partial charge is 0.302 e. The first-order chi connectivity index (χ1) is 6.72. The van der Waals surface area contributed by atoms with Gasteiger partial charge in [0.15, 0.2) is 0 Å². The fourth-order valence-electron chi connectivity index (χ4n) is 1.82. The minimum Gasteiger partial charge on any atom is -0.462 e. The van der Waals surface area contributed by atoms with Gasteiger partial charge in [0, 0.05) is 19.8 Å². The minimum absolute atomic E-state index is 0.0862. The lowest BCUT2D eigenvalue weighted by molar-refractivity contribution is -0.153. The van der Waals surface area contributed by atoms with Crippen LogP contribution in [-0.4, -0.2) is 24.8 Å². The van der Waals surface area contributed by atoms with Crippen LogP contribution in [0.15, 0.2) is 0 Å². The van der Waals surface area contributed by atoms with Crippen molar-refractivity contribution < 1.29 is 14.3 Å². The van der Waals surface area contributed by atoms with Crippen molar-refractivity contribution in [3.8, 4) is 0 Å². The maximum absolute atomic E-state index is 10.8. The molecule has 0 saturated carbocycles. The van der Waals surface area contributed by atoms with Crippen LogP contribution in [0.25, 0.3) is 0 Å². The van der Waals surface area contributed by atoms with Gasteiger partial charge in [0.05, 0.1) is 12.7 Å². The van der Waals surface area contributed by atoms with Crippen LogP contribution in [0.2, 0.25) is 0 Å². The fourth-order valence-corrected chi connectivity index (χ4v) is 1.82. The Morgan fingerprint density at radius 1 is 1.57 bits per heavy atom. The third-order valence-electron chi connectivity index (χ3n) is 2.53. The Balaban J connectivity index is 2.24. The minimum atomic E-state index is -0.175. The molecule has 3 heteroatoms. The molecule has 3 nitrogen and oxygen atoms in total. The van der Waals surface area contributed by atoms with E-state index in [1.807, 2.05) is 0 Å². The maximum atomic E-state index is 10.8. The number of carbonyl (C=O) groups excluding carboxylic acids is 1. The van der Waals surface area contributed by atoms with Crippen molar-refractivity contribution in [2.24, 2.45) is 0 Å². The van der Waals surface area contributed by atoms with Gasteiger partial charge in [0.25, 0.3) is 0 Å². The second-order valence-corrected chi connectivity index (χ2v) is 3.89. The van der Waals surface area contributed by atoms with Crippen LogP contribution in [0.5, 0.6) is 0 Å². The zero-order valence-corrected chi connectivity index (χ0v) is 9.12. The molecule has 1 aliphatic heterocycles. The predicted molar refractivity (Wildman–Crippen MR) is 54.1 cm³/mol. The number of ether oxygens (including phenoxy) is 2. The van der Waals surface area contributed by atoms with Crippen molar-refractivity contribution in [1.82, 2.24) is 0 Å². The molecule has 2 atom stereocenters. The second-order valence-electron chi connectivity index (χ2n) is 3.89. The molecule has 0 radical (unpaired) electrons. The van der Waals surface area contributed by atoms with Gasteiger partial charge in [-0.15, -0.1) is 0 Å². The van der Waals surface area contributed by atoms with E-state index in [1.165, 1.54) is 19.8 Å². The van der Waals surface area contributed by atoms with Gasteiger partial charge in [-0.2, -0.15) is 0 Å². The van der Waals surface area contributed by atoms with E-state index < -0.39 is 0 Å². The van der Waals surface area contributed by atoms with Crippen LogP contribution in [0.4, 0.5) is 0 Å². The average molecular weight is 200 g/mol. The SMILES string of the molecule is CCCCC1CC(OC(C)=O)CCO1. The van der Waals surface area contributed by atoms with E-state index in [4.69, 9.17) is 9.47 Å². The van der Waals surface area contributed by atoms with Crippen LogP contribution in [-0.2, 0) is 14.3 Å². The van der Waals surface area contributed by atoms with Crippen molar-refractivity contribution in [2.75, 3.05) is 6.61 Å². The van der Waals surface area contributed by atoms with Gasteiger partial charge in [-0.25, -0.2) is 0 Å². The Hall–Kier alpha value is -0.570. The molecule has 1 heterocycles. The highest BCUT2D eigenvalue weighted by Gasteiger charge is 2.23. The molecule has 0 aliphatic carbocycles. The van der Waals surface area contributed by atoms with Crippen LogP contribution in [0, 0.1) is 0 Å². The van der Waals surface area contributed by atoms with E-state index in [1.54, 1.807) is 0 Å². The molecule has 0 N–H and O–H groups in total. The molecule has 1 fully saturated rings. The number of esters is 1. The third kappa shape index (κ3) is 4.09. The van der Waals surface area contributed by atoms with E-state index in [9.17, 15) is 4.79 Å². The Morgan fingerprint density at radius 3 is 3.00 bits per heavy atom. The van der Waals surface area contributed by atoms with Crippen molar-refractivity contribution >= 4 is 5.97 Å². The Morgan fingerprint density at radius 2 is 2.36 bits per heavy atom. The summed E-state index contributed by atoms with van der Waals surface area (Å²) >= 11 is 0. The zero-order chi connectivity index (χ0) is 10.4. The molecular weight excluding hydrogens is 180 g/mol. The summed E-state index contributed by atoms with van der Waals surface area (Å²) in [7, 11) is 0. The first-order valence-electron chi connectivity index (χ1n) is 5.51. The van der Waals surface area contributed by atoms with E-state index in [2.05, 4.69) is 6.92 Å². The van der Waals surface area contributed by atoms with E-state index in [-0.39, 0.29) is 12.1 Å². The Labute approximate surface area is 85.8 Å². The zero-order valence-electron chi connectivity index (χ0n) is 9.12. The highest BCUT2D eigenvalue weighted by molar-refractivity contribution is 5.66. The van der Waals surface area contributed by atoms with Crippen LogP contribution >= 0.6 is 0 Å². The molecule has 2 unspecified atom stereocenters. The fraction of sp³-hybridized carbons (Fsp3) is 0.909. The van der Waals surface area contributed by atoms with Crippen LogP contribution < -0.4 is 0 Å². The summed E-state index contributed by atoms with van der Waals surface area (Å²) in [6, 6.07) is 0. The Bertz CT molecular complexity index is 179. The molecule has 14 heavy (non-hydrogen) atoms.